The smallest absolute Gasteiger partial charge is 0.410 e. The highest BCUT2D eigenvalue weighted by Crippen LogP contribution is 2.28. The molecule has 2 amide bonds. The molecule has 0 N–H and O–H groups in total. The molecule has 3 rings (SSSR count). The van der Waals surface area contributed by atoms with Crippen LogP contribution in [0.5, 0.6) is 5.75 Å². The van der Waals surface area contributed by atoms with E-state index in [4.69, 9.17) is 9.47 Å². The number of amides is 2. The molecule has 160 valence electrons. The number of likely N-dealkylation sites (tertiary alicyclic amines) is 2. The van der Waals surface area contributed by atoms with Gasteiger partial charge in [0.25, 0.3) is 0 Å². The van der Waals surface area contributed by atoms with Crippen molar-refractivity contribution in [2.75, 3.05) is 33.3 Å². The Morgan fingerprint density at radius 2 is 1.69 bits per heavy atom. The molecule has 2 saturated heterocycles. The van der Waals surface area contributed by atoms with E-state index in [1.165, 1.54) is 5.56 Å². The van der Waals surface area contributed by atoms with E-state index in [1.807, 2.05) is 43.9 Å². The largest absolute Gasteiger partial charge is 0.496 e. The number of ether oxygens (including phenoxy) is 2. The molecular weight excluding hydrogens is 368 g/mol. The zero-order valence-electron chi connectivity index (χ0n) is 18.1. The first kappa shape index (κ1) is 21.5. The molecule has 1 aromatic rings. The molecule has 1 atom stereocenters. The lowest BCUT2D eigenvalue weighted by molar-refractivity contribution is -0.136. The summed E-state index contributed by atoms with van der Waals surface area (Å²) in [5, 5.41) is 0. The van der Waals surface area contributed by atoms with Crippen LogP contribution >= 0.6 is 0 Å². The van der Waals surface area contributed by atoms with Gasteiger partial charge in [0.1, 0.15) is 11.4 Å². The number of hydrogen-bond donors (Lipinski definition) is 0. The topological polar surface area (TPSA) is 59.1 Å². The third kappa shape index (κ3) is 5.64. The van der Waals surface area contributed by atoms with Crippen molar-refractivity contribution in [2.45, 2.75) is 52.1 Å². The van der Waals surface area contributed by atoms with Crippen LogP contribution < -0.4 is 4.74 Å². The van der Waals surface area contributed by atoms with Gasteiger partial charge in [-0.2, -0.15) is 0 Å². The van der Waals surface area contributed by atoms with Gasteiger partial charge in [0.2, 0.25) is 5.91 Å². The lowest BCUT2D eigenvalue weighted by atomic mass is 9.89. The first-order valence-electron chi connectivity index (χ1n) is 10.7. The fourth-order valence-electron chi connectivity index (χ4n) is 4.25. The minimum absolute atomic E-state index is 0.103. The number of para-hydroxylation sites is 1. The molecule has 0 radical (unpaired) electrons. The molecule has 29 heavy (non-hydrogen) atoms. The summed E-state index contributed by atoms with van der Waals surface area (Å²) in [6.07, 6.45) is 3.41. The molecule has 2 aliphatic rings. The fourth-order valence-corrected chi connectivity index (χ4v) is 4.25. The lowest BCUT2D eigenvalue weighted by Crippen LogP contribution is -2.43. The highest BCUT2D eigenvalue weighted by atomic mass is 16.6. The minimum Gasteiger partial charge on any atom is -0.496 e. The van der Waals surface area contributed by atoms with Crippen molar-refractivity contribution in [1.29, 1.82) is 0 Å². The lowest BCUT2D eigenvalue weighted by Gasteiger charge is -2.34. The Bertz CT molecular complexity index is 720. The molecule has 0 spiro atoms. The standard InChI is InChI=1S/C23H34N2O4/c1-23(2,3)29-22(27)25-14-11-19(16-25)21(26)24-12-9-17(10-13-24)15-18-7-5-6-8-20(18)28-4/h5-8,17,19H,9-16H2,1-4H3. The minimum atomic E-state index is -0.511. The molecule has 2 fully saturated rings. The molecule has 0 aliphatic carbocycles. The van der Waals surface area contributed by atoms with Gasteiger partial charge in [-0.3, -0.25) is 4.79 Å². The van der Waals surface area contributed by atoms with Gasteiger partial charge in [0.05, 0.1) is 13.0 Å². The Morgan fingerprint density at radius 1 is 1.03 bits per heavy atom. The summed E-state index contributed by atoms with van der Waals surface area (Å²) < 4.78 is 10.9. The molecule has 0 bridgehead atoms. The quantitative estimate of drug-likeness (QED) is 0.770. The van der Waals surface area contributed by atoms with E-state index in [1.54, 1.807) is 12.0 Å². The summed E-state index contributed by atoms with van der Waals surface area (Å²) in [4.78, 5) is 28.8. The van der Waals surface area contributed by atoms with Crippen LogP contribution in [0.2, 0.25) is 0 Å². The van der Waals surface area contributed by atoms with Gasteiger partial charge in [0, 0.05) is 26.2 Å². The number of methoxy groups -OCH3 is 1. The van der Waals surface area contributed by atoms with Crippen molar-refractivity contribution < 1.29 is 19.1 Å². The van der Waals surface area contributed by atoms with Gasteiger partial charge in [-0.1, -0.05) is 18.2 Å². The van der Waals surface area contributed by atoms with Gasteiger partial charge in [-0.25, -0.2) is 4.79 Å². The van der Waals surface area contributed by atoms with E-state index >= 15 is 0 Å². The first-order chi connectivity index (χ1) is 13.8. The highest BCUT2D eigenvalue weighted by molar-refractivity contribution is 5.80. The van der Waals surface area contributed by atoms with Crippen molar-refractivity contribution in [2.24, 2.45) is 11.8 Å². The average molecular weight is 403 g/mol. The summed E-state index contributed by atoms with van der Waals surface area (Å²) in [7, 11) is 1.71. The molecule has 2 heterocycles. The second kappa shape index (κ2) is 9.06. The van der Waals surface area contributed by atoms with Gasteiger partial charge in [-0.05, 0) is 64.0 Å². The number of nitrogens with zero attached hydrogens (tertiary/aromatic N) is 2. The first-order valence-corrected chi connectivity index (χ1v) is 10.7. The number of hydrogen-bond acceptors (Lipinski definition) is 4. The number of carbonyl (C=O) groups excluding carboxylic acids is 2. The zero-order chi connectivity index (χ0) is 21.0. The maximum Gasteiger partial charge on any atom is 0.410 e. The number of rotatable bonds is 4. The van der Waals surface area contributed by atoms with Crippen LogP contribution in [0.25, 0.3) is 0 Å². The Hall–Kier alpha value is -2.24. The predicted molar refractivity (Wildman–Crippen MR) is 112 cm³/mol. The third-order valence-electron chi connectivity index (χ3n) is 5.82. The molecule has 2 aliphatic heterocycles. The van der Waals surface area contributed by atoms with Gasteiger partial charge >= 0.3 is 6.09 Å². The van der Waals surface area contributed by atoms with Crippen molar-refractivity contribution in [3.8, 4) is 5.75 Å². The summed E-state index contributed by atoms with van der Waals surface area (Å²) in [5.41, 5.74) is 0.728. The molecule has 1 unspecified atom stereocenters. The number of carbonyl (C=O) groups is 2. The van der Waals surface area contributed by atoms with Crippen molar-refractivity contribution in [3.05, 3.63) is 29.8 Å². The zero-order valence-corrected chi connectivity index (χ0v) is 18.1. The maximum atomic E-state index is 12.9. The summed E-state index contributed by atoms with van der Waals surface area (Å²) in [6.45, 7) is 8.23. The van der Waals surface area contributed by atoms with Gasteiger partial charge < -0.3 is 19.3 Å². The summed E-state index contributed by atoms with van der Waals surface area (Å²) in [5.74, 6) is 1.59. The Labute approximate surface area is 174 Å². The van der Waals surface area contributed by atoms with Crippen LogP contribution in [-0.2, 0) is 16.0 Å². The summed E-state index contributed by atoms with van der Waals surface area (Å²) >= 11 is 0. The fraction of sp³-hybridized carbons (Fsp3) is 0.652. The molecule has 6 nitrogen and oxygen atoms in total. The van der Waals surface area contributed by atoms with Crippen LogP contribution in [0.3, 0.4) is 0 Å². The van der Waals surface area contributed by atoms with E-state index in [-0.39, 0.29) is 17.9 Å². The van der Waals surface area contributed by atoms with E-state index in [9.17, 15) is 9.59 Å². The Balaban J connectivity index is 1.47. The SMILES string of the molecule is COc1ccccc1CC1CCN(C(=O)C2CCN(C(=O)OC(C)(C)C)C2)CC1. The van der Waals surface area contributed by atoms with Crippen LogP contribution in [0, 0.1) is 11.8 Å². The molecule has 0 aromatic heterocycles. The van der Waals surface area contributed by atoms with E-state index in [2.05, 4.69) is 6.07 Å². The highest BCUT2D eigenvalue weighted by Gasteiger charge is 2.36. The number of benzene rings is 1. The maximum absolute atomic E-state index is 12.9. The summed E-state index contributed by atoms with van der Waals surface area (Å²) in [6, 6.07) is 8.17. The van der Waals surface area contributed by atoms with Gasteiger partial charge in [0.15, 0.2) is 0 Å². The monoisotopic (exact) mass is 402 g/mol. The second-order valence-electron chi connectivity index (χ2n) is 9.20. The van der Waals surface area contributed by atoms with Crippen molar-refractivity contribution in [3.63, 3.8) is 0 Å². The number of piperidine rings is 1. The van der Waals surface area contributed by atoms with E-state index < -0.39 is 5.60 Å². The van der Waals surface area contributed by atoms with Crippen LogP contribution in [0.15, 0.2) is 24.3 Å². The molecule has 6 heteroatoms. The van der Waals surface area contributed by atoms with E-state index in [0.717, 1.165) is 44.5 Å². The van der Waals surface area contributed by atoms with Crippen LogP contribution in [0.1, 0.15) is 45.6 Å². The third-order valence-corrected chi connectivity index (χ3v) is 5.82. The average Bonchev–Trinajstić information content (AvgIpc) is 3.18. The Morgan fingerprint density at radius 3 is 2.34 bits per heavy atom. The van der Waals surface area contributed by atoms with Crippen LogP contribution in [0.4, 0.5) is 4.79 Å². The van der Waals surface area contributed by atoms with Gasteiger partial charge in [-0.15, -0.1) is 0 Å². The van der Waals surface area contributed by atoms with E-state index in [0.29, 0.717) is 19.0 Å². The second-order valence-corrected chi connectivity index (χ2v) is 9.20. The van der Waals surface area contributed by atoms with Crippen molar-refractivity contribution in [1.82, 2.24) is 9.80 Å². The molecule has 0 saturated carbocycles. The van der Waals surface area contributed by atoms with Crippen LogP contribution in [-0.4, -0.2) is 60.7 Å². The molecular formula is C23H34N2O4. The molecule has 1 aromatic carbocycles. The normalized spacial score (nSPS) is 20.6. The predicted octanol–water partition coefficient (Wildman–Crippen LogP) is 3.73. The van der Waals surface area contributed by atoms with Crippen molar-refractivity contribution >= 4 is 12.0 Å². The Kier molecular flexibility index (Phi) is 6.70.